The number of hydrogen-bond donors (Lipinski definition) is 4. The van der Waals surface area contributed by atoms with E-state index in [-0.39, 0.29) is 5.41 Å². The quantitative estimate of drug-likeness (QED) is 0.350. The predicted molar refractivity (Wildman–Crippen MR) is 139 cm³/mol. The van der Waals surface area contributed by atoms with E-state index in [2.05, 4.69) is 64.5 Å². The molecule has 1 aromatic carbocycles. The maximum atomic E-state index is 13.7. The van der Waals surface area contributed by atoms with Gasteiger partial charge < -0.3 is 16.1 Å². The number of aromatic nitrogens is 2. The Labute approximate surface area is 216 Å². The van der Waals surface area contributed by atoms with Crippen molar-refractivity contribution in [1.82, 2.24) is 25.9 Å². The maximum Gasteiger partial charge on any atom is 0.212 e. The van der Waals surface area contributed by atoms with Gasteiger partial charge in [0.05, 0.1) is 35.4 Å². The number of hydrogen-bond acceptors (Lipinski definition) is 9. The minimum absolute atomic E-state index is 0.0663. The Morgan fingerprint density at radius 1 is 1.19 bits per heavy atom. The normalized spacial score (nSPS) is 17.2. The molecule has 37 heavy (non-hydrogen) atoms. The van der Waals surface area contributed by atoms with Crippen molar-refractivity contribution in [3.8, 4) is 12.1 Å². The Bertz CT molecular complexity index is 1500. The first-order chi connectivity index (χ1) is 18.1. The van der Waals surface area contributed by atoms with Crippen molar-refractivity contribution in [2.45, 2.75) is 45.7 Å². The van der Waals surface area contributed by atoms with Gasteiger partial charge in [0, 0.05) is 42.3 Å². The van der Waals surface area contributed by atoms with Crippen molar-refractivity contribution >= 4 is 22.3 Å². The number of fused-ring (bicyclic) bond motifs is 1. The fraction of sp³-hybridized carbons (Fsp3) is 0.333. The predicted octanol–water partition coefficient (Wildman–Crippen LogP) is 4.45. The molecule has 3 heterocycles. The van der Waals surface area contributed by atoms with E-state index in [0.29, 0.717) is 57.3 Å². The monoisotopic (exact) mass is 498 g/mol. The molecular weight excluding hydrogens is 469 g/mol. The molecule has 0 bridgehead atoms. The highest BCUT2D eigenvalue weighted by atomic mass is 19.1. The smallest absolute Gasteiger partial charge is 0.212 e. The first kappa shape index (κ1) is 23.0. The van der Waals surface area contributed by atoms with Crippen molar-refractivity contribution in [1.29, 1.82) is 10.5 Å². The van der Waals surface area contributed by atoms with Crippen LogP contribution in [0.1, 0.15) is 57.7 Å². The van der Waals surface area contributed by atoms with E-state index in [1.807, 2.05) is 11.2 Å². The van der Waals surface area contributed by atoms with Gasteiger partial charge in [-0.15, -0.1) is 5.53 Å². The molecule has 1 atom stereocenters. The molecule has 0 spiro atoms. The van der Waals surface area contributed by atoms with E-state index in [1.54, 1.807) is 12.1 Å². The van der Waals surface area contributed by atoms with Crippen LogP contribution in [0, 0.1) is 34.0 Å². The molecule has 1 fully saturated rings. The number of pyridine rings is 2. The summed E-state index contributed by atoms with van der Waals surface area (Å²) in [6.07, 6.45) is 6.69. The third-order valence-electron chi connectivity index (χ3n) is 6.09. The molecule has 0 unspecified atom stereocenters. The van der Waals surface area contributed by atoms with Crippen LogP contribution in [-0.4, -0.2) is 27.6 Å². The molecule has 1 aliphatic heterocycles. The van der Waals surface area contributed by atoms with E-state index in [0.717, 1.165) is 12.8 Å². The summed E-state index contributed by atoms with van der Waals surface area (Å²) in [7, 11) is 0. The summed E-state index contributed by atoms with van der Waals surface area (Å²) in [5.41, 5.74) is 9.08. The van der Waals surface area contributed by atoms with Crippen LogP contribution in [0.5, 0.6) is 0 Å². The van der Waals surface area contributed by atoms with Gasteiger partial charge in [0.15, 0.2) is 0 Å². The molecule has 1 aliphatic carbocycles. The maximum absolute atomic E-state index is 13.7. The van der Waals surface area contributed by atoms with Crippen LogP contribution in [-0.2, 0) is 0 Å². The van der Waals surface area contributed by atoms with Gasteiger partial charge in [-0.25, -0.2) is 4.98 Å². The zero-order valence-electron chi connectivity index (χ0n) is 21.9. The van der Waals surface area contributed by atoms with Crippen molar-refractivity contribution in [3.63, 3.8) is 0 Å². The molecule has 2 aliphatic rings. The van der Waals surface area contributed by atoms with Crippen molar-refractivity contribution in [2.75, 3.05) is 17.2 Å². The van der Waals surface area contributed by atoms with E-state index >= 15 is 0 Å². The third kappa shape index (κ3) is 5.25. The van der Waals surface area contributed by atoms with Crippen molar-refractivity contribution in [2.24, 2.45) is 5.41 Å². The van der Waals surface area contributed by atoms with Gasteiger partial charge in [-0.05, 0) is 42.0 Å². The first-order valence-corrected chi connectivity index (χ1v) is 12.0. The second-order valence-corrected chi connectivity index (χ2v) is 10.4. The number of nitrogens with zero attached hydrogens (tertiary/aromatic N) is 5. The van der Waals surface area contributed by atoms with Gasteiger partial charge in [0.1, 0.15) is 12.1 Å². The second-order valence-electron chi connectivity index (χ2n) is 10.4. The van der Waals surface area contributed by atoms with Crippen LogP contribution < -0.4 is 21.6 Å². The Kier molecular flexibility index (Phi) is 5.95. The van der Waals surface area contributed by atoms with Crippen molar-refractivity contribution < 1.29 is 5.76 Å². The fourth-order valence-electron chi connectivity index (χ4n) is 4.06. The third-order valence-corrected chi connectivity index (χ3v) is 6.09. The SMILES string of the molecule is [2H][C@](Nc1cc(C#N)c2ncc(C#N)c(NCC(C)(C)C)c2c1)(C1=CN(C2CC2)NN1)c1ccc(F)nc1. The number of halogens is 1. The lowest BCUT2D eigenvalue weighted by Crippen LogP contribution is -2.38. The average Bonchev–Trinajstić information content (AvgIpc) is 3.62. The molecule has 0 radical (unpaired) electrons. The summed E-state index contributed by atoms with van der Waals surface area (Å²) >= 11 is 0. The highest BCUT2D eigenvalue weighted by Crippen LogP contribution is 2.35. The number of anilines is 2. The minimum atomic E-state index is -1.61. The lowest BCUT2D eigenvalue weighted by molar-refractivity contribution is 0.260. The van der Waals surface area contributed by atoms with Crippen LogP contribution in [0.2, 0.25) is 0 Å². The lowest BCUT2D eigenvalue weighted by atomic mass is 9.96. The number of nitrogens with one attached hydrogen (secondary N) is 4. The molecule has 1 saturated carbocycles. The van der Waals surface area contributed by atoms with Gasteiger partial charge >= 0.3 is 0 Å². The van der Waals surface area contributed by atoms with Gasteiger partial charge in [-0.1, -0.05) is 26.8 Å². The zero-order chi connectivity index (χ0) is 27.1. The van der Waals surface area contributed by atoms with Crippen LogP contribution in [0.3, 0.4) is 0 Å². The first-order valence-electron chi connectivity index (χ1n) is 12.5. The molecule has 0 amide bonds. The van der Waals surface area contributed by atoms with E-state index < -0.39 is 12.0 Å². The topological polar surface area (TPSA) is 125 Å². The molecule has 188 valence electrons. The number of nitriles is 2. The van der Waals surface area contributed by atoms with E-state index in [9.17, 15) is 16.3 Å². The van der Waals surface area contributed by atoms with Crippen LogP contribution in [0.15, 0.2) is 48.6 Å². The van der Waals surface area contributed by atoms with Crippen molar-refractivity contribution in [3.05, 3.63) is 71.2 Å². The van der Waals surface area contributed by atoms with Gasteiger partial charge in [0.2, 0.25) is 5.95 Å². The summed E-state index contributed by atoms with van der Waals surface area (Å²) in [5.74, 6) is -0.649. The molecule has 2 aromatic heterocycles. The van der Waals surface area contributed by atoms with Crippen LogP contribution in [0.25, 0.3) is 10.9 Å². The molecule has 4 N–H and O–H groups in total. The Morgan fingerprint density at radius 2 is 1.97 bits per heavy atom. The van der Waals surface area contributed by atoms with Crippen LogP contribution in [0.4, 0.5) is 15.8 Å². The van der Waals surface area contributed by atoms with E-state index in [4.69, 9.17) is 0 Å². The molecule has 0 saturated heterocycles. The molecule has 5 rings (SSSR count). The largest absolute Gasteiger partial charge is 0.383 e. The molecular formula is C27H28FN9. The van der Waals surface area contributed by atoms with E-state index in [1.165, 1.54) is 24.5 Å². The summed E-state index contributed by atoms with van der Waals surface area (Å²) in [6, 6.07) is 9.21. The summed E-state index contributed by atoms with van der Waals surface area (Å²) in [5, 5.41) is 28.8. The number of rotatable bonds is 7. The molecule has 10 heteroatoms. The number of benzene rings is 1. The van der Waals surface area contributed by atoms with Gasteiger partial charge in [0.25, 0.3) is 0 Å². The highest BCUT2D eigenvalue weighted by Gasteiger charge is 2.32. The number of hydrazine groups is 2. The summed E-state index contributed by atoms with van der Waals surface area (Å²) in [4.78, 5) is 8.16. The Hall–Kier alpha value is -4.41. The van der Waals surface area contributed by atoms with Gasteiger partial charge in [-0.3, -0.25) is 9.99 Å². The molecule has 9 nitrogen and oxygen atoms in total. The second kappa shape index (κ2) is 9.57. The summed E-state index contributed by atoms with van der Waals surface area (Å²) in [6.45, 7) is 6.82. The Balaban J connectivity index is 1.63. The standard InChI is InChI=1S/C27H28FN9/c1-27(2,3)15-33-25-18(11-30)13-32-24-17(10-29)8-19(9-21(24)25)34-26(16-4-7-23(28)31-12-16)22-14-37(36-35-22)20-5-6-20/h4,7-9,12-14,20,26,34-36H,5-6,15H2,1-3H3,(H,32,33)/t26-/m1/s1/i26D. The zero-order valence-corrected chi connectivity index (χ0v) is 20.9. The fourth-order valence-corrected chi connectivity index (χ4v) is 4.06. The lowest BCUT2D eigenvalue weighted by Gasteiger charge is -2.23. The Morgan fingerprint density at radius 3 is 2.62 bits per heavy atom. The minimum Gasteiger partial charge on any atom is -0.383 e. The molecule has 3 aromatic rings. The highest BCUT2D eigenvalue weighted by molar-refractivity contribution is 5.99. The van der Waals surface area contributed by atoms with Gasteiger partial charge in [-0.2, -0.15) is 14.9 Å². The van der Waals surface area contributed by atoms with Crippen LogP contribution >= 0.6 is 0 Å². The summed E-state index contributed by atoms with van der Waals surface area (Å²) < 4.78 is 23.2. The average molecular weight is 499 g/mol.